The minimum atomic E-state index is -0.463. The Hall–Kier alpha value is -2.37. The van der Waals surface area contributed by atoms with Crippen LogP contribution in [0.3, 0.4) is 0 Å². The van der Waals surface area contributed by atoms with Crippen molar-refractivity contribution in [2.24, 2.45) is 0 Å². The first kappa shape index (κ1) is 15.5. The Balaban J connectivity index is 1.67. The molecule has 0 amide bonds. The van der Waals surface area contributed by atoms with Crippen LogP contribution in [0.25, 0.3) is 5.69 Å². The van der Waals surface area contributed by atoms with Crippen LogP contribution in [0.4, 0.5) is 0 Å². The summed E-state index contributed by atoms with van der Waals surface area (Å²) in [6.45, 7) is -0.0425. The van der Waals surface area contributed by atoms with E-state index in [1.165, 1.54) is 0 Å². The van der Waals surface area contributed by atoms with Gasteiger partial charge in [0.05, 0.1) is 22.0 Å². The summed E-state index contributed by atoms with van der Waals surface area (Å²) in [5.74, 6) is -0.463. The Kier molecular flexibility index (Phi) is 4.60. The third-order valence-corrected chi connectivity index (χ3v) is 3.65. The van der Waals surface area contributed by atoms with E-state index in [1.54, 1.807) is 47.3 Å². The summed E-state index contributed by atoms with van der Waals surface area (Å²) in [7, 11) is 0. The molecule has 116 valence electrons. The van der Waals surface area contributed by atoms with Gasteiger partial charge in [0.2, 0.25) is 0 Å². The second-order valence-electron chi connectivity index (χ2n) is 4.64. The molecule has 1 aromatic carbocycles. The first-order chi connectivity index (χ1) is 11.1. The molecule has 0 aliphatic heterocycles. The van der Waals surface area contributed by atoms with Gasteiger partial charge < -0.3 is 4.74 Å². The Bertz CT molecular complexity index is 818. The molecule has 0 aliphatic rings. The maximum Gasteiger partial charge on any atom is 0.338 e. The van der Waals surface area contributed by atoms with Crippen molar-refractivity contribution in [3.8, 4) is 5.69 Å². The average Bonchev–Trinajstić information content (AvgIpc) is 3.10. The highest BCUT2D eigenvalue weighted by Crippen LogP contribution is 2.18. The highest BCUT2D eigenvalue weighted by molar-refractivity contribution is 6.32. The molecule has 0 spiro atoms. The lowest BCUT2D eigenvalue weighted by Crippen LogP contribution is -2.07. The number of pyridine rings is 1. The lowest BCUT2D eigenvalue weighted by Gasteiger charge is -2.07. The van der Waals surface area contributed by atoms with E-state index >= 15 is 0 Å². The summed E-state index contributed by atoms with van der Waals surface area (Å²) in [5, 5.41) is 4.81. The van der Waals surface area contributed by atoms with Gasteiger partial charge in [0.25, 0.3) is 0 Å². The molecule has 2 aromatic heterocycles. The molecule has 0 radical (unpaired) electrons. The number of halogens is 2. The third kappa shape index (κ3) is 3.70. The fourth-order valence-corrected chi connectivity index (χ4v) is 2.27. The zero-order valence-electron chi connectivity index (χ0n) is 11.8. The van der Waals surface area contributed by atoms with Crippen molar-refractivity contribution in [3.05, 3.63) is 76.3 Å². The van der Waals surface area contributed by atoms with Gasteiger partial charge in [-0.05, 0) is 42.5 Å². The number of carbonyl (C=O) groups is 1. The molecule has 0 bridgehead atoms. The Morgan fingerprint density at radius 1 is 1.13 bits per heavy atom. The van der Waals surface area contributed by atoms with E-state index in [1.807, 2.05) is 12.3 Å². The summed E-state index contributed by atoms with van der Waals surface area (Å²) in [4.78, 5) is 16.1. The summed E-state index contributed by atoms with van der Waals surface area (Å²) < 4.78 is 6.91. The normalized spacial score (nSPS) is 10.5. The van der Waals surface area contributed by atoms with E-state index in [4.69, 9.17) is 27.9 Å². The molecule has 23 heavy (non-hydrogen) atoms. The molecule has 0 aliphatic carbocycles. The van der Waals surface area contributed by atoms with Crippen LogP contribution in [0.1, 0.15) is 16.1 Å². The average molecular weight is 348 g/mol. The lowest BCUT2D eigenvalue weighted by molar-refractivity contribution is 0.0468. The second-order valence-corrected chi connectivity index (χ2v) is 5.43. The molecule has 7 heteroatoms. The number of esters is 1. The fraction of sp³-hybridized carbons (Fsp3) is 0.0625. The number of aromatic nitrogens is 3. The van der Waals surface area contributed by atoms with Gasteiger partial charge in [-0.1, -0.05) is 23.2 Å². The Morgan fingerprint density at radius 2 is 1.91 bits per heavy atom. The van der Waals surface area contributed by atoms with Crippen molar-refractivity contribution in [2.75, 3.05) is 0 Å². The van der Waals surface area contributed by atoms with Crippen LogP contribution >= 0.6 is 23.2 Å². The topological polar surface area (TPSA) is 57.0 Å². The van der Waals surface area contributed by atoms with Gasteiger partial charge in [-0.3, -0.25) is 0 Å². The van der Waals surface area contributed by atoms with E-state index in [2.05, 4.69) is 10.1 Å². The van der Waals surface area contributed by atoms with Crippen LogP contribution in [0.2, 0.25) is 10.2 Å². The van der Waals surface area contributed by atoms with Crippen LogP contribution in [-0.4, -0.2) is 20.7 Å². The second kappa shape index (κ2) is 6.81. The standard InChI is InChI=1S/C16H11Cl2N3O2/c17-13-6-7-15(18)20-14(13)10-23-16(22)11-2-4-12(5-3-11)21-9-1-8-19-21/h1-9H,10H2. The number of carbonyl (C=O) groups excluding carboxylic acids is 1. The van der Waals surface area contributed by atoms with Crippen molar-refractivity contribution in [1.29, 1.82) is 0 Å². The minimum absolute atomic E-state index is 0.0425. The van der Waals surface area contributed by atoms with Crippen LogP contribution in [0, 0.1) is 0 Å². The molecule has 0 fully saturated rings. The Labute approximate surface area is 142 Å². The summed E-state index contributed by atoms with van der Waals surface area (Å²) in [5.41, 5.74) is 1.70. The fourth-order valence-electron chi connectivity index (χ4n) is 1.95. The van der Waals surface area contributed by atoms with Crippen molar-refractivity contribution in [2.45, 2.75) is 6.61 Å². The largest absolute Gasteiger partial charge is 0.456 e. The van der Waals surface area contributed by atoms with E-state index in [9.17, 15) is 4.79 Å². The summed E-state index contributed by atoms with van der Waals surface area (Å²) in [6, 6.07) is 11.9. The highest BCUT2D eigenvalue weighted by Gasteiger charge is 2.10. The SMILES string of the molecule is O=C(OCc1nc(Cl)ccc1Cl)c1ccc(-n2cccn2)cc1. The van der Waals surface area contributed by atoms with Crippen molar-refractivity contribution in [1.82, 2.24) is 14.8 Å². The monoisotopic (exact) mass is 347 g/mol. The Morgan fingerprint density at radius 3 is 2.61 bits per heavy atom. The highest BCUT2D eigenvalue weighted by atomic mass is 35.5. The molecule has 0 saturated heterocycles. The number of nitrogens with zero attached hydrogens (tertiary/aromatic N) is 3. The molecule has 2 heterocycles. The van der Waals surface area contributed by atoms with Crippen molar-refractivity contribution >= 4 is 29.2 Å². The van der Waals surface area contributed by atoms with Crippen molar-refractivity contribution < 1.29 is 9.53 Å². The van der Waals surface area contributed by atoms with Crippen molar-refractivity contribution in [3.63, 3.8) is 0 Å². The van der Waals surface area contributed by atoms with E-state index in [0.717, 1.165) is 5.69 Å². The molecule has 3 aromatic rings. The maximum atomic E-state index is 12.1. The molecular weight excluding hydrogens is 337 g/mol. The van der Waals surface area contributed by atoms with Gasteiger partial charge in [0.1, 0.15) is 11.8 Å². The first-order valence-electron chi connectivity index (χ1n) is 6.71. The number of hydrogen-bond donors (Lipinski definition) is 0. The third-order valence-electron chi connectivity index (χ3n) is 3.10. The van der Waals surface area contributed by atoms with Crippen LogP contribution < -0.4 is 0 Å². The van der Waals surface area contributed by atoms with E-state index in [0.29, 0.717) is 21.4 Å². The molecular formula is C16H11Cl2N3O2. The van der Waals surface area contributed by atoms with E-state index in [-0.39, 0.29) is 6.61 Å². The molecule has 0 saturated carbocycles. The first-order valence-corrected chi connectivity index (χ1v) is 7.47. The quantitative estimate of drug-likeness (QED) is 0.530. The zero-order valence-corrected chi connectivity index (χ0v) is 13.3. The van der Waals surface area contributed by atoms with Crippen LogP contribution in [0.5, 0.6) is 0 Å². The van der Waals surface area contributed by atoms with E-state index < -0.39 is 5.97 Å². The number of rotatable bonds is 4. The lowest BCUT2D eigenvalue weighted by atomic mass is 10.2. The predicted octanol–water partition coefficient (Wildman–Crippen LogP) is 3.93. The minimum Gasteiger partial charge on any atom is -0.456 e. The van der Waals surface area contributed by atoms with Gasteiger partial charge >= 0.3 is 5.97 Å². The van der Waals surface area contributed by atoms with Crippen LogP contribution in [0.15, 0.2) is 54.9 Å². The number of benzene rings is 1. The van der Waals surface area contributed by atoms with Gasteiger partial charge in [0, 0.05) is 12.4 Å². The molecule has 5 nitrogen and oxygen atoms in total. The van der Waals surface area contributed by atoms with Gasteiger partial charge in [-0.25, -0.2) is 14.5 Å². The maximum absolute atomic E-state index is 12.1. The van der Waals surface area contributed by atoms with Gasteiger partial charge in [-0.2, -0.15) is 5.10 Å². The molecule has 0 atom stereocenters. The van der Waals surface area contributed by atoms with Gasteiger partial charge in [-0.15, -0.1) is 0 Å². The van der Waals surface area contributed by atoms with Gasteiger partial charge in [0.15, 0.2) is 0 Å². The zero-order chi connectivity index (χ0) is 16.2. The molecule has 3 rings (SSSR count). The molecule has 0 N–H and O–H groups in total. The summed E-state index contributed by atoms with van der Waals surface area (Å²) >= 11 is 11.8. The van der Waals surface area contributed by atoms with Crippen LogP contribution in [-0.2, 0) is 11.3 Å². The number of ether oxygens (including phenoxy) is 1. The smallest absolute Gasteiger partial charge is 0.338 e. The number of hydrogen-bond acceptors (Lipinski definition) is 4. The predicted molar refractivity (Wildman–Crippen MR) is 86.9 cm³/mol. The summed E-state index contributed by atoms with van der Waals surface area (Å²) in [6.07, 6.45) is 3.50. The molecule has 0 unspecified atom stereocenters.